The van der Waals surface area contributed by atoms with Crippen LogP contribution in [0.1, 0.15) is 0 Å². The van der Waals surface area contributed by atoms with E-state index >= 15 is 0 Å². The van der Waals surface area contributed by atoms with E-state index in [2.05, 4.69) is 0 Å². The number of aliphatic hydroxyl groups excluding tert-OH is 2. The molecule has 0 amide bonds. The topological polar surface area (TPSA) is 228 Å². The van der Waals surface area contributed by atoms with Crippen LogP contribution in [0.25, 0.3) is 0 Å². The Labute approximate surface area is 112 Å². The molecule has 1 fully saturated rings. The molecule has 0 saturated carbocycles. The van der Waals surface area contributed by atoms with Crippen LogP contribution in [0.5, 0.6) is 0 Å². The van der Waals surface area contributed by atoms with E-state index in [1.807, 2.05) is 0 Å². The van der Waals surface area contributed by atoms with Crippen molar-refractivity contribution < 1.29 is 52.5 Å². The van der Waals surface area contributed by atoms with Crippen molar-refractivity contribution in [3.8, 4) is 0 Å². The molecule has 1 heterocycles. The summed E-state index contributed by atoms with van der Waals surface area (Å²) in [4.78, 5) is 20.9. The monoisotopic (exact) mass is 383 g/mol. The van der Waals surface area contributed by atoms with Crippen LogP contribution < -0.4 is 0 Å². The first-order valence-electron chi connectivity index (χ1n) is 3.79. The Hall–Kier alpha value is -0.522. The summed E-state index contributed by atoms with van der Waals surface area (Å²) in [5, 5.41) is 35.4. The quantitative estimate of drug-likeness (QED) is 0.341. The van der Waals surface area contributed by atoms with Crippen LogP contribution in [-0.4, -0.2) is 95.7 Å². The predicted molar refractivity (Wildman–Crippen MR) is 53.6 cm³/mol. The van der Waals surface area contributed by atoms with Crippen molar-refractivity contribution in [2.75, 3.05) is 0 Å². The molecule has 0 aromatic rings. The van der Waals surface area contributed by atoms with Gasteiger partial charge in [0.15, 0.2) is 0 Å². The second-order valence-corrected chi connectivity index (χ2v) is 4.41. The molecule has 1 aliphatic rings. The van der Waals surface area contributed by atoms with Crippen LogP contribution in [0.15, 0.2) is 0 Å². The molecule has 4 atom stereocenters. The van der Waals surface area contributed by atoms with Gasteiger partial charge in [0, 0.05) is 0 Å². The first-order chi connectivity index (χ1) is 6.95. The number of hydrogen-bond acceptors (Lipinski definition) is 6. The summed E-state index contributed by atoms with van der Waals surface area (Å²) in [6.45, 7) is 0. The van der Waals surface area contributed by atoms with Crippen LogP contribution in [0.4, 0.5) is 0 Å². The molecular formula is C6H14O11Sb. The molecule has 1 saturated heterocycles. The van der Waals surface area contributed by atoms with E-state index in [0.717, 1.165) is 0 Å². The normalized spacial score (nSPS) is 24.8. The van der Waals surface area contributed by atoms with E-state index in [9.17, 15) is 14.7 Å². The van der Waals surface area contributed by atoms with Crippen LogP contribution in [0.2, 0.25) is 0 Å². The van der Waals surface area contributed by atoms with E-state index in [-0.39, 0.29) is 16.4 Å². The number of rotatable bonds is 4. The zero-order valence-corrected chi connectivity index (χ0v) is 11.2. The fourth-order valence-corrected chi connectivity index (χ4v) is 2.95. The molecule has 12 heteroatoms. The Morgan fingerprint density at radius 1 is 1.06 bits per heavy atom. The van der Waals surface area contributed by atoms with Crippen molar-refractivity contribution in [2.45, 2.75) is 24.4 Å². The summed E-state index contributed by atoms with van der Waals surface area (Å²) in [6, 6.07) is 0. The Balaban J connectivity index is -0.000000750. The molecular weight excluding hydrogens is 370 g/mol. The van der Waals surface area contributed by atoms with Gasteiger partial charge < -0.3 is 16.4 Å². The van der Waals surface area contributed by atoms with Gasteiger partial charge in [0.25, 0.3) is 0 Å². The molecule has 10 N–H and O–H groups in total. The van der Waals surface area contributed by atoms with Crippen molar-refractivity contribution in [3.05, 3.63) is 0 Å². The SMILES string of the molecule is O.O.O.O=C(O)C(O)C(O)C1[O][Sb][O]C1C(=O)O. The average molecular weight is 384 g/mol. The van der Waals surface area contributed by atoms with Gasteiger partial charge in [0.1, 0.15) is 0 Å². The van der Waals surface area contributed by atoms with Crippen molar-refractivity contribution in [1.29, 1.82) is 0 Å². The number of carboxylic acid groups (broad SMARTS) is 2. The minimum absolute atomic E-state index is 0. The van der Waals surface area contributed by atoms with E-state index < -0.39 is 58.8 Å². The summed E-state index contributed by atoms with van der Waals surface area (Å²) in [5.74, 6) is -3.00. The Kier molecular flexibility index (Phi) is 11.8. The third-order valence-electron chi connectivity index (χ3n) is 1.78. The molecule has 4 unspecified atom stereocenters. The van der Waals surface area contributed by atoms with Crippen LogP contribution in [0.3, 0.4) is 0 Å². The minimum atomic E-state index is -2.09. The average Bonchev–Trinajstić information content (AvgIpc) is 2.63. The summed E-state index contributed by atoms with van der Waals surface area (Å²) in [5.41, 5.74) is 0. The fraction of sp³-hybridized carbons (Fsp3) is 0.667. The van der Waals surface area contributed by atoms with Gasteiger partial charge in [-0.05, 0) is 0 Å². The van der Waals surface area contributed by atoms with Crippen molar-refractivity contribution in [3.63, 3.8) is 0 Å². The van der Waals surface area contributed by atoms with Gasteiger partial charge in [0.05, 0.1) is 0 Å². The number of aliphatic carboxylic acids is 2. The summed E-state index contributed by atoms with van der Waals surface area (Å²) in [7, 11) is 0. The van der Waals surface area contributed by atoms with Gasteiger partial charge in [-0.15, -0.1) is 0 Å². The molecule has 11 nitrogen and oxygen atoms in total. The first kappa shape index (κ1) is 22.6. The van der Waals surface area contributed by atoms with E-state index in [1.54, 1.807) is 0 Å². The number of hydrogen-bond donors (Lipinski definition) is 4. The first-order valence-corrected chi connectivity index (χ1v) is 5.87. The van der Waals surface area contributed by atoms with Crippen LogP contribution >= 0.6 is 0 Å². The molecule has 18 heavy (non-hydrogen) atoms. The standard InChI is InChI=1S/C6H8O8.3H2O.Sb/c7-1(3(9)5(11)12)2(8)4(10)6(13)14;;;;/h1-4,7,9H,(H,11,12)(H,13,14);3*1H2;/q-2;;;;+2. The number of carbonyl (C=O) groups is 2. The van der Waals surface area contributed by atoms with Gasteiger partial charge in [-0.2, -0.15) is 0 Å². The molecule has 0 spiro atoms. The van der Waals surface area contributed by atoms with Crippen LogP contribution in [-0.2, 0) is 15.6 Å². The van der Waals surface area contributed by atoms with Crippen LogP contribution in [0, 0.1) is 0 Å². The second-order valence-electron chi connectivity index (χ2n) is 2.78. The number of carboxylic acids is 2. The van der Waals surface area contributed by atoms with Gasteiger partial charge in [-0.1, -0.05) is 0 Å². The molecule has 109 valence electrons. The maximum atomic E-state index is 10.6. The predicted octanol–water partition coefficient (Wildman–Crippen LogP) is -5.28. The zero-order valence-electron chi connectivity index (χ0n) is 8.68. The molecule has 0 aromatic carbocycles. The third kappa shape index (κ3) is 5.00. The maximum absolute atomic E-state index is 10.6. The Bertz CT molecular complexity index is 270. The summed E-state index contributed by atoms with van der Waals surface area (Å²) < 4.78 is 9.58. The van der Waals surface area contributed by atoms with Gasteiger partial charge in [-0.25, -0.2) is 0 Å². The van der Waals surface area contributed by atoms with Gasteiger partial charge in [-0.3, -0.25) is 0 Å². The summed E-state index contributed by atoms with van der Waals surface area (Å²) in [6.07, 6.45) is -6.65. The molecule has 1 rings (SSSR count). The third-order valence-corrected chi connectivity index (χ3v) is 3.61. The van der Waals surface area contributed by atoms with E-state index in [1.165, 1.54) is 0 Å². The fourth-order valence-electron chi connectivity index (χ4n) is 0.989. The van der Waals surface area contributed by atoms with Crippen molar-refractivity contribution in [2.24, 2.45) is 0 Å². The Morgan fingerprint density at radius 2 is 1.56 bits per heavy atom. The molecule has 1 aliphatic heterocycles. The van der Waals surface area contributed by atoms with Gasteiger partial charge in [0.2, 0.25) is 0 Å². The van der Waals surface area contributed by atoms with Crippen molar-refractivity contribution >= 4 is 34.4 Å². The summed E-state index contributed by atoms with van der Waals surface area (Å²) >= 11 is -1.63. The van der Waals surface area contributed by atoms with Gasteiger partial charge >= 0.3 is 94.9 Å². The van der Waals surface area contributed by atoms with E-state index in [0.29, 0.717) is 0 Å². The second kappa shape index (κ2) is 9.41. The molecule has 0 bridgehead atoms. The molecule has 1 radical (unpaired) electrons. The Morgan fingerprint density at radius 3 is 1.94 bits per heavy atom. The molecule has 0 aromatic heterocycles. The van der Waals surface area contributed by atoms with Crippen molar-refractivity contribution in [1.82, 2.24) is 0 Å². The zero-order chi connectivity index (χ0) is 11.6. The molecule has 0 aliphatic carbocycles. The van der Waals surface area contributed by atoms with E-state index in [4.69, 9.17) is 21.4 Å². The number of aliphatic hydroxyl groups is 2.